The SMILES string of the molecule is Cc1c(C(=O)NC2CCS(=O)(=O)C2)nnn1-c1ccc(Cl)cc1. The van der Waals surface area contributed by atoms with Gasteiger partial charge in [0.15, 0.2) is 15.5 Å². The monoisotopic (exact) mass is 354 g/mol. The summed E-state index contributed by atoms with van der Waals surface area (Å²) in [6.45, 7) is 1.73. The van der Waals surface area contributed by atoms with E-state index in [1.807, 2.05) is 0 Å². The maximum absolute atomic E-state index is 12.3. The zero-order valence-corrected chi connectivity index (χ0v) is 13.9. The molecular formula is C14H15ClN4O3S. The van der Waals surface area contributed by atoms with Crippen molar-refractivity contribution in [3.63, 3.8) is 0 Å². The minimum absolute atomic E-state index is 0.0247. The van der Waals surface area contributed by atoms with Gasteiger partial charge in [0, 0.05) is 11.1 Å². The number of carbonyl (C=O) groups excluding carboxylic acids is 1. The van der Waals surface area contributed by atoms with Gasteiger partial charge in [-0.25, -0.2) is 13.1 Å². The first-order chi connectivity index (χ1) is 10.9. The van der Waals surface area contributed by atoms with Gasteiger partial charge in [0.25, 0.3) is 5.91 Å². The normalized spacial score (nSPS) is 19.7. The summed E-state index contributed by atoms with van der Waals surface area (Å²) < 4.78 is 24.4. The maximum Gasteiger partial charge on any atom is 0.274 e. The van der Waals surface area contributed by atoms with E-state index in [2.05, 4.69) is 15.6 Å². The summed E-state index contributed by atoms with van der Waals surface area (Å²) in [5.74, 6) is -0.331. The van der Waals surface area contributed by atoms with E-state index in [0.29, 0.717) is 17.1 Å². The summed E-state index contributed by atoms with van der Waals surface area (Å²) in [7, 11) is -3.04. The summed E-state index contributed by atoms with van der Waals surface area (Å²) in [6, 6.07) is 6.62. The number of sulfone groups is 1. The highest BCUT2D eigenvalue weighted by atomic mass is 35.5. The minimum Gasteiger partial charge on any atom is -0.347 e. The van der Waals surface area contributed by atoms with E-state index in [1.165, 1.54) is 4.68 Å². The standard InChI is InChI=1S/C14H15ClN4O3S/c1-9-13(14(20)16-11-6-7-23(21,22)8-11)17-18-19(9)12-4-2-10(15)3-5-12/h2-5,11H,6-8H2,1H3,(H,16,20). The van der Waals surface area contributed by atoms with Crippen LogP contribution in [0.15, 0.2) is 24.3 Å². The average molecular weight is 355 g/mol. The van der Waals surface area contributed by atoms with Crippen LogP contribution in [-0.2, 0) is 9.84 Å². The van der Waals surface area contributed by atoms with Crippen molar-refractivity contribution in [1.82, 2.24) is 20.3 Å². The molecule has 1 aliphatic heterocycles. The van der Waals surface area contributed by atoms with Crippen molar-refractivity contribution in [3.05, 3.63) is 40.7 Å². The summed E-state index contributed by atoms with van der Waals surface area (Å²) >= 11 is 5.85. The molecule has 9 heteroatoms. The lowest BCUT2D eigenvalue weighted by Gasteiger charge is -2.09. The molecule has 2 aromatic rings. The van der Waals surface area contributed by atoms with Gasteiger partial charge in [-0.3, -0.25) is 4.79 Å². The number of carbonyl (C=O) groups is 1. The van der Waals surface area contributed by atoms with Crippen LogP contribution in [-0.4, -0.2) is 46.9 Å². The van der Waals surface area contributed by atoms with Gasteiger partial charge in [0.1, 0.15) is 0 Å². The Kier molecular flexibility index (Phi) is 4.11. The molecule has 1 aliphatic rings. The number of aromatic nitrogens is 3. The van der Waals surface area contributed by atoms with Crippen molar-refractivity contribution in [1.29, 1.82) is 0 Å². The molecule has 1 aromatic carbocycles. The number of rotatable bonds is 3. The van der Waals surface area contributed by atoms with Crippen LogP contribution in [0.3, 0.4) is 0 Å². The third-order valence-electron chi connectivity index (χ3n) is 3.75. The van der Waals surface area contributed by atoms with Crippen molar-refractivity contribution < 1.29 is 13.2 Å². The average Bonchev–Trinajstić information content (AvgIpc) is 3.02. The fraction of sp³-hybridized carbons (Fsp3) is 0.357. The Morgan fingerprint density at radius 3 is 2.65 bits per heavy atom. The molecule has 0 bridgehead atoms. The van der Waals surface area contributed by atoms with Gasteiger partial charge in [0.2, 0.25) is 0 Å². The first-order valence-corrected chi connectivity index (χ1v) is 9.25. The Morgan fingerprint density at radius 1 is 1.35 bits per heavy atom. The summed E-state index contributed by atoms with van der Waals surface area (Å²) in [6.07, 6.45) is 0.429. The summed E-state index contributed by atoms with van der Waals surface area (Å²) in [5.41, 5.74) is 1.50. The molecular weight excluding hydrogens is 340 g/mol. The van der Waals surface area contributed by atoms with Crippen molar-refractivity contribution in [2.75, 3.05) is 11.5 Å². The van der Waals surface area contributed by atoms with Crippen LogP contribution in [0.5, 0.6) is 0 Å². The van der Waals surface area contributed by atoms with Crippen LogP contribution in [0, 0.1) is 6.92 Å². The zero-order chi connectivity index (χ0) is 16.6. The highest BCUT2D eigenvalue weighted by Gasteiger charge is 2.30. The molecule has 0 aliphatic carbocycles. The van der Waals surface area contributed by atoms with E-state index in [-0.39, 0.29) is 23.2 Å². The molecule has 1 aromatic heterocycles. The second kappa shape index (κ2) is 5.93. The van der Waals surface area contributed by atoms with Crippen molar-refractivity contribution in [2.45, 2.75) is 19.4 Å². The van der Waals surface area contributed by atoms with Crippen LogP contribution < -0.4 is 5.32 Å². The van der Waals surface area contributed by atoms with Crippen LogP contribution in [0.1, 0.15) is 22.6 Å². The van der Waals surface area contributed by atoms with Crippen LogP contribution in [0.25, 0.3) is 5.69 Å². The Bertz CT molecular complexity index is 845. The third-order valence-corrected chi connectivity index (χ3v) is 5.77. The molecule has 1 unspecified atom stereocenters. The largest absolute Gasteiger partial charge is 0.347 e. The van der Waals surface area contributed by atoms with Gasteiger partial charge in [-0.15, -0.1) is 5.10 Å². The molecule has 3 rings (SSSR count). The van der Waals surface area contributed by atoms with Crippen molar-refractivity contribution in [3.8, 4) is 5.69 Å². The lowest BCUT2D eigenvalue weighted by molar-refractivity contribution is 0.0935. The molecule has 0 spiro atoms. The number of amides is 1. The Balaban J connectivity index is 1.79. The molecule has 1 amide bonds. The molecule has 23 heavy (non-hydrogen) atoms. The molecule has 1 N–H and O–H groups in total. The van der Waals surface area contributed by atoms with Gasteiger partial charge in [0.05, 0.1) is 22.9 Å². The second-order valence-corrected chi connectivity index (χ2v) is 8.15. The fourth-order valence-corrected chi connectivity index (χ4v) is 4.33. The lowest BCUT2D eigenvalue weighted by atomic mass is 10.2. The van der Waals surface area contributed by atoms with E-state index in [9.17, 15) is 13.2 Å². The lowest BCUT2D eigenvalue weighted by Crippen LogP contribution is -2.36. The fourth-order valence-electron chi connectivity index (χ4n) is 2.53. The second-order valence-electron chi connectivity index (χ2n) is 5.49. The molecule has 2 heterocycles. The predicted octanol–water partition coefficient (Wildman–Crippen LogP) is 1.15. The molecule has 1 atom stereocenters. The number of nitrogens with one attached hydrogen (secondary N) is 1. The molecule has 0 radical (unpaired) electrons. The Morgan fingerprint density at radius 2 is 2.04 bits per heavy atom. The van der Waals surface area contributed by atoms with Gasteiger partial charge >= 0.3 is 0 Å². The van der Waals surface area contributed by atoms with Crippen LogP contribution in [0.4, 0.5) is 0 Å². The minimum atomic E-state index is -3.04. The summed E-state index contributed by atoms with van der Waals surface area (Å²) in [4.78, 5) is 12.3. The highest BCUT2D eigenvalue weighted by molar-refractivity contribution is 7.91. The molecule has 0 saturated carbocycles. The van der Waals surface area contributed by atoms with E-state index in [4.69, 9.17) is 11.6 Å². The first kappa shape index (κ1) is 15.9. The van der Waals surface area contributed by atoms with E-state index in [1.54, 1.807) is 31.2 Å². The number of benzene rings is 1. The van der Waals surface area contributed by atoms with E-state index >= 15 is 0 Å². The van der Waals surface area contributed by atoms with Gasteiger partial charge < -0.3 is 5.32 Å². The van der Waals surface area contributed by atoms with Gasteiger partial charge in [-0.05, 0) is 37.6 Å². The van der Waals surface area contributed by atoms with Gasteiger partial charge in [-0.1, -0.05) is 16.8 Å². The summed E-state index contributed by atoms with van der Waals surface area (Å²) in [5, 5.41) is 11.2. The molecule has 1 saturated heterocycles. The van der Waals surface area contributed by atoms with Crippen LogP contribution >= 0.6 is 11.6 Å². The Hall–Kier alpha value is -1.93. The molecule has 1 fully saturated rings. The zero-order valence-electron chi connectivity index (χ0n) is 12.4. The number of halogens is 1. The topological polar surface area (TPSA) is 93.9 Å². The third kappa shape index (κ3) is 3.37. The van der Waals surface area contributed by atoms with E-state index in [0.717, 1.165) is 5.69 Å². The molecule has 122 valence electrons. The highest BCUT2D eigenvalue weighted by Crippen LogP contribution is 2.16. The number of nitrogens with zero attached hydrogens (tertiary/aromatic N) is 3. The number of hydrogen-bond acceptors (Lipinski definition) is 5. The predicted molar refractivity (Wildman–Crippen MR) is 85.6 cm³/mol. The molecule has 7 nitrogen and oxygen atoms in total. The van der Waals surface area contributed by atoms with Gasteiger partial charge in [-0.2, -0.15) is 0 Å². The Labute approximate surface area is 138 Å². The maximum atomic E-state index is 12.3. The van der Waals surface area contributed by atoms with Crippen molar-refractivity contribution in [2.24, 2.45) is 0 Å². The van der Waals surface area contributed by atoms with Crippen LogP contribution in [0.2, 0.25) is 5.02 Å². The van der Waals surface area contributed by atoms with E-state index < -0.39 is 15.7 Å². The number of hydrogen-bond donors (Lipinski definition) is 1. The quantitative estimate of drug-likeness (QED) is 0.892. The van der Waals surface area contributed by atoms with Crippen molar-refractivity contribution >= 4 is 27.3 Å². The first-order valence-electron chi connectivity index (χ1n) is 7.05. The smallest absolute Gasteiger partial charge is 0.274 e.